The first kappa shape index (κ1) is 22.7. The van der Waals surface area contributed by atoms with E-state index in [0.717, 1.165) is 15.0 Å². The molecule has 31 heavy (non-hydrogen) atoms. The summed E-state index contributed by atoms with van der Waals surface area (Å²) in [5, 5.41) is 2.85. The zero-order valence-electron chi connectivity index (χ0n) is 17.3. The molecule has 6 nitrogen and oxygen atoms in total. The summed E-state index contributed by atoms with van der Waals surface area (Å²) in [5.74, 6) is 0.910. The van der Waals surface area contributed by atoms with Crippen LogP contribution in [0.25, 0.3) is 0 Å². The molecule has 0 saturated heterocycles. The fourth-order valence-corrected chi connectivity index (χ4v) is 5.17. The van der Waals surface area contributed by atoms with Crippen molar-refractivity contribution in [2.45, 2.75) is 16.7 Å². The molecule has 3 aromatic rings. The molecule has 0 radical (unpaired) electrons. The minimum atomic E-state index is -3.98. The molecule has 0 aliphatic rings. The molecule has 1 N–H and O–H groups in total. The Morgan fingerprint density at radius 3 is 2.42 bits per heavy atom. The van der Waals surface area contributed by atoms with Crippen molar-refractivity contribution < 1.29 is 17.9 Å². The lowest BCUT2D eigenvalue weighted by atomic mass is 10.3. The second-order valence-corrected chi connectivity index (χ2v) is 9.67. The Morgan fingerprint density at radius 2 is 1.71 bits per heavy atom. The van der Waals surface area contributed by atoms with Gasteiger partial charge in [-0.25, -0.2) is 8.42 Å². The summed E-state index contributed by atoms with van der Waals surface area (Å²) in [6.45, 7) is 1.65. The summed E-state index contributed by atoms with van der Waals surface area (Å²) < 4.78 is 33.1. The van der Waals surface area contributed by atoms with E-state index in [1.54, 1.807) is 60.3 Å². The van der Waals surface area contributed by atoms with E-state index >= 15 is 0 Å². The number of carbonyl (C=O) groups excluding carboxylic acids is 1. The maximum absolute atomic E-state index is 13.4. The van der Waals surface area contributed by atoms with E-state index in [2.05, 4.69) is 5.32 Å². The third kappa shape index (κ3) is 5.59. The van der Waals surface area contributed by atoms with Crippen molar-refractivity contribution in [2.75, 3.05) is 29.0 Å². The Labute approximate surface area is 187 Å². The van der Waals surface area contributed by atoms with Gasteiger partial charge in [-0.2, -0.15) is 0 Å². The van der Waals surface area contributed by atoms with E-state index < -0.39 is 15.9 Å². The molecule has 8 heteroatoms. The Kier molecular flexibility index (Phi) is 7.59. The number of amides is 1. The molecule has 0 unspecified atom stereocenters. The number of rotatable bonds is 9. The Hall–Kier alpha value is -2.97. The Bertz CT molecular complexity index is 1140. The van der Waals surface area contributed by atoms with Gasteiger partial charge in [0.1, 0.15) is 12.3 Å². The van der Waals surface area contributed by atoms with Gasteiger partial charge < -0.3 is 10.1 Å². The van der Waals surface area contributed by atoms with Gasteiger partial charge >= 0.3 is 0 Å². The highest BCUT2D eigenvalue weighted by Crippen LogP contribution is 2.29. The van der Waals surface area contributed by atoms with Crippen LogP contribution >= 0.6 is 11.8 Å². The fraction of sp³-hybridized carbons (Fsp3) is 0.174. The summed E-state index contributed by atoms with van der Waals surface area (Å²) >= 11 is 1.60. The maximum atomic E-state index is 13.4. The van der Waals surface area contributed by atoms with Gasteiger partial charge in [0.25, 0.3) is 10.0 Å². The van der Waals surface area contributed by atoms with Crippen molar-refractivity contribution in [3.63, 3.8) is 0 Å². The number of methoxy groups -OCH3 is 1. The van der Waals surface area contributed by atoms with Crippen LogP contribution in [0.1, 0.15) is 6.92 Å². The molecule has 3 rings (SSSR count). The second-order valence-electron chi connectivity index (χ2n) is 6.50. The number of sulfonamides is 1. The van der Waals surface area contributed by atoms with Gasteiger partial charge in [-0.05, 0) is 42.2 Å². The van der Waals surface area contributed by atoms with Crippen LogP contribution in [0, 0.1) is 0 Å². The van der Waals surface area contributed by atoms with Gasteiger partial charge in [0.15, 0.2) is 0 Å². The molecule has 0 aliphatic carbocycles. The van der Waals surface area contributed by atoms with Crippen LogP contribution in [0.5, 0.6) is 5.75 Å². The topological polar surface area (TPSA) is 75.7 Å². The zero-order chi connectivity index (χ0) is 22.3. The number of nitrogens with one attached hydrogen (secondary N) is 1. The largest absolute Gasteiger partial charge is 0.497 e. The zero-order valence-corrected chi connectivity index (χ0v) is 18.9. The summed E-state index contributed by atoms with van der Waals surface area (Å²) in [6, 6.07) is 22.1. The van der Waals surface area contributed by atoms with Crippen LogP contribution in [-0.2, 0) is 14.8 Å². The number of carbonyl (C=O) groups is 1. The molecular weight excluding hydrogens is 432 g/mol. The highest BCUT2D eigenvalue weighted by molar-refractivity contribution is 7.99. The van der Waals surface area contributed by atoms with Gasteiger partial charge in [0.05, 0.1) is 23.4 Å². The van der Waals surface area contributed by atoms with E-state index in [4.69, 9.17) is 4.74 Å². The van der Waals surface area contributed by atoms with Gasteiger partial charge in [0, 0.05) is 11.0 Å². The minimum absolute atomic E-state index is 0.104. The van der Waals surface area contributed by atoms with Crippen LogP contribution in [0.2, 0.25) is 0 Å². The molecule has 0 saturated carbocycles. The number of benzene rings is 3. The van der Waals surface area contributed by atoms with Gasteiger partial charge in [-0.3, -0.25) is 9.10 Å². The summed E-state index contributed by atoms with van der Waals surface area (Å²) in [5.41, 5.74) is 0.997. The van der Waals surface area contributed by atoms with Crippen LogP contribution in [0.3, 0.4) is 0 Å². The SMILES string of the molecule is CCSc1ccccc1NC(=O)CN(c1cccc(OC)c1)S(=O)(=O)c1ccccc1. The molecule has 0 atom stereocenters. The second kappa shape index (κ2) is 10.4. The number of anilines is 2. The van der Waals surface area contributed by atoms with Crippen molar-refractivity contribution in [3.8, 4) is 5.75 Å². The molecule has 0 aromatic heterocycles. The first-order valence-electron chi connectivity index (χ1n) is 9.69. The number of thioether (sulfide) groups is 1. The summed E-state index contributed by atoms with van der Waals surface area (Å²) in [6.07, 6.45) is 0. The molecule has 162 valence electrons. The predicted octanol–water partition coefficient (Wildman–Crippen LogP) is 4.64. The molecule has 0 fully saturated rings. The van der Waals surface area contributed by atoms with E-state index in [0.29, 0.717) is 17.1 Å². The van der Waals surface area contributed by atoms with Crippen LogP contribution in [0.4, 0.5) is 11.4 Å². The summed E-state index contributed by atoms with van der Waals surface area (Å²) in [4.78, 5) is 14.0. The third-order valence-corrected chi connectivity index (χ3v) is 7.16. The van der Waals surface area contributed by atoms with Gasteiger partial charge in [0.2, 0.25) is 5.91 Å². The standard InChI is InChI=1S/C23H24N2O4S2/c1-3-30-22-15-8-7-14-21(22)24-23(26)17-25(18-10-9-11-19(16-18)29-2)31(27,28)20-12-5-4-6-13-20/h4-16H,3,17H2,1-2H3,(H,24,26). The monoisotopic (exact) mass is 456 g/mol. The first-order chi connectivity index (χ1) is 15.0. The minimum Gasteiger partial charge on any atom is -0.497 e. The molecular formula is C23H24N2O4S2. The van der Waals surface area contributed by atoms with Crippen molar-refractivity contribution in [3.05, 3.63) is 78.9 Å². The van der Waals surface area contributed by atoms with Crippen molar-refractivity contribution in [2.24, 2.45) is 0 Å². The predicted molar refractivity (Wildman–Crippen MR) is 125 cm³/mol. The van der Waals surface area contributed by atoms with E-state index in [-0.39, 0.29) is 11.4 Å². The third-order valence-electron chi connectivity index (χ3n) is 4.42. The van der Waals surface area contributed by atoms with E-state index in [9.17, 15) is 13.2 Å². The number of nitrogens with zero attached hydrogens (tertiary/aromatic N) is 1. The van der Waals surface area contributed by atoms with Crippen LogP contribution in [-0.4, -0.2) is 33.7 Å². The average Bonchev–Trinajstić information content (AvgIpc) is 2.79. The number of hydrogen-bond donors (Lipinski definition) is 1. The first-order valence-corrected chi connectivity index (χ1v) is 12.1. The van der Waals surface area contributed by atoms with E-state index in [1.807, 2.05) is 25.1 Å². The highest BCUT2D eigenvalue weighted by atomic mass is 32.2. The molecule has 0 heterocycles. The fourth-order valence-electron chi connectivity index (χ4n) is 2.97. The molecule has 0 aliphatic heterocycles. The van der Waals surface area contributed by atoms with Crippen molar-refractivity contribution in [1.82, 2.24) is 0 Å². The van der Waals surface area contributed by atoms with E-state index in [1.165, 1.54) is 19.2 Å². The van der Waals surface area contributed by atoms with Crippen LogP contribution < -0.4 is 14.4 Å². The molecule has 3 aromatic carbocycles. The molecule has 0 bridgehead atoms. The normalized spacial score (nSPS) is 11.0. The van der Waals surface area contributed by atoms with Crippen molar-refractivity contribution in [1.29, 1.82) is 0 Å². The van der Waals surface area contributed by atoms with Gasteiger partial charge in [-0.15, -0.1) is 11.8 Å². The summed E-state index contributed by atoms with van der Waals surface area (Å²) in [7, 11) is -2.47. The lowest BCUT2D eigenvalue weighted by molar-refractivity contribution is -0.114. The van der Waals surface area contributed by atoms with Crippen LogP contribution in [0.15, 0.2) is 88.7 Å². The smallest absolute Gasteiger partial charge is 0.264 e. The molecule has 0 spiro atoms. The van der Waals surface area contributed by atoms with Gasteiger partial charge in [-0.1, -0.05) is 43.3 Å². The Morgan fingerprint density at radius 1 is 1.00 bits per heavy atom. The Balaban J connectivity index is 1.94. The lowest BCUT2D eigenvalue weighted by Gasteiger charge is -2.24. The van der Waals surface area contributed by atoms with Crippen molar-refractivity contribution >= 4 is 39.1 Å². The highest BCUT2D eigenvalue weighted by Gasteiger charge is 2.27. The maximum Gasteiger partial charge on any atom is 0.264 e. The lowest BCUT2D eigenvalue weighted by Crippen LogP contribution is -2.38. The molecule has 1 amide bonds. The number of hydrogen-bond acceptors (Lipinski definition) is 5. The number of para-hydroxylation sites is 1. The average molecular weight is 457 g/mol. The quantitative estimate of drug-likeness (QED) is 0.475. The number of ether oxygens (including phenoxy) is 1.